The first-order chi connectivity index (χ1) is 11.4. The van der Waals surface area contributed by atoms with Crippen LogP contribution in [-0.4, -0.2) is 19.7 Å². The highest BCUT2D eigenvalue weighted by molar-refractivity contribution is 9.10. The van der Waals surface area contributed by atoms with Gasteiger partial charge in [-0.25, -0.2) is 0 Å². The van der Waals surface area contributed by atoms with Crippen molar-refractivity contribution in [2.75, 3.05) is 0 Å². The van der Waals surface area contributed by atoms with Gasteiger partial charge in [-0.05, 0) is 48.0 Å². The molecule has 0 saturated carbocycles. The van der Waals surface area contributed by atoms with E-state index in [1.54, 1.807) is 24.3 Å². The molecule has 0 aliphatic rings. The molecule has 4 nitrogen and oxygen atoms in total. The van der Waals surface area contributed by atoms with Gasteiger partial charge in [0, 0.05) is 10.0 Å². The predicted octanol–water partition coefficient (Wildman–Crippen LogP) is 4.42. The number of phenolic OH excluding ortho intramolecular Hbond substituents is 1. The fourth-order valence-corrected chi connectivity index (χ4v) is 3.57. The van der Waals surface area contributed by atoms with Gasteiger partial charge in [0.25, 0.3) is 10.0 Å². The Bertz CT molecular complexity index is 1040. The molecule has 3 rings (SSSR count). The Morgan fingerprint density at radius 2 is 1.75 bits per heavy atom. The molecule has 0 aromatic heterocycles. The summed E-state index contributed by atoms with van der Waals surface area (Å²) in [5.74, 6) is -0.0207. The highest BCUT2D eigenvalue weighted by Gasteiger charge is 2.12. The van der Waals surface area contributed by atoms with Crippen LogP contribution in [-0.2, 0) is 10.0 Å². The number of benzene rings is 3. The third kappa shape index (κ3) is 3.34. The van der Waals surface area contributed by atoms with Crippen LogP contribution in [0.4, 0.5) is 0 Å². The van der Waals surface area contributed by atoms with Gasteiger partial charge >= 0.3 is 0 Å². The van der Waals surface area contributed by atoms with Crippen molar-refractivity contribution in [1.29, 1.82) is 0 Å². The maximum atomic E-state index is 12.3. The summed E-state index contributed by atoms with van der Waals surface area (Å²) in [6.07, 6.45) is 1.20. The van der Waals surface area contributed by atoms with Crippen molar-refractivity contribution >= 4 is 42.9 Å². The lowest BCUT2D eigenvalue weighted by molar-refractivity contribution is 0.475. The maximum Gasteiger partial charge on any atom is 0.282 e. The molecule has 0 amide bonds. The normalized spacial score (nSPS) is 12.1. The van der Waals surface area contributed by atoms with Crippen LogP contribution >= 0.6 is 15.9 Å². The van der Waals surface area contributed by atoms with Crippen molar-refractivity contribution in [2.45, 2.75) is 11.8 Å². The fourth-order valence-electron chi connectivity index (χ4n) is 2.34. The monoisotopic (exact) mass is 403 g/mol. The van der Waals surface area contributed by atoms with Crippen LogP contribution in [0, 0.1) is 6.92 Å². The molecule has 24 heavy (non-hydrogen) atoms. The van der Waals surface area contributed by atoms with E-state index in [2.05, 4.69) is 20.3 Å². The lowest BCUT2D eigenvalue weighted by Gasteiger charge is -2.06. The Kier molecular flexibility index (Phi) is 4.43. The van der Waals surface area contributed by atoms with Crippen LogP contribution in [0.15, 0.2) is 68.4 Å². The van der Waals surface area contributed by atoms with Gasteiger partial charge in [-0.3, -0.25) is 0 Å². The van der Waals surface area contributed by atoms with E-state index in [1.807, 2.05) is 19.1 Å². The first-order valence-electron chi connectivity index (χ1n) is 7.15. The second kappa shape index (κ2) is 6.37. The van der Waals surface area contributed by atoms with Crippen LogP contribution in [0.1, 0.15) is 11.1 Å². The van der Waals surface area contributed by atoms with Crippen LogP contribution in [0.25, 0.3) is 10.8 Å². The number of nitrogens with zero attached hydrogens (tertiary/aromatic N) is 1. The summed E-state index contributed by atoms with van der Waals surface area (Å²) in [4.78, 5) is 0.117. The first kappa shape index (κ1) is 16.7. The predicted molar refractivity (Wildman–Crippen MR) is 99.3 cm³/mol. The minimum Gasteiger partial charge on any atom is -0.507 e. The lowest BCUT2D eigenvalue weighted by atomic mass is 10.0. The molecule has 3 aromatic carbocycles. The van der Waals surface area contributed by atoms with Crippen molar-refractivity contribution < 1.29 is 13.5 Å². The topological polar surface area (TPSA) is 66.7 Å². The summed E-state index contributed by atoms with van der Waals surface area (Å²) in [7, 11) is -3.82. The Morgan fingerprint density at radius 1 is 1.04 bits per heavy atom. The zero-order chi connectivity index (χ0) is 17.3. The fraction of sp³-hybridized carbons (Fsp3) is 0.0556. The van der Waals surface area contributed by atoms with Gasteiger partial charge in [0.15, 0.2) is 0 Å². The van der Waals surface area contributed by atoms with E-state index in [0.717, 1.165) is 20.8 Å². The molecule has 0 unspecified atom stereocenters. The minimum atomic E-state index is -3.82. The number of halogens is 1. The number of hydrogen-bond donors (Lipinski definition) is 1. The minimum absolute atomic E-state index is 0.0207. The van der Waals surface area contributed by atoms with Crippen molar-refractivity contribution in [2.24, 2.45) is 4.40 Å². The van der Waals surface area contributed by atoms with Crippen LogP contribution in [0.2, 0.25) is 0 Å². The van der Waals surface area contributed by atoms with Crippen molar-refractivity contribution in [3.63, 3.8) is 0 Å². The van der Waals surface area contributed by atoms with E-state index in [9.17, 15) is 13.5 Å². The van der Waals surface area contributed by atoms with E-state index < -0.39 is 10.0 Å². The zero-order valence-corrected chi connectivity index (χ0v) is 15.2. The molecule has 1 N–H and O–H groups in total. The number of fused-ring (bicyclic) bond motifs is 1. The number of hydrogen-bond acceptors (Lipinski definition) is 3. The number of rotatable bonds is 3. The molecule has 0 spiro atoms. The average Bonchev–Trinajstić information content (AvgIpc) is 2.54. The molecule has 0 bridgehead atoms. The van der Waals surface area contributed by atoms with Crippen molar-refractivity contribution in [1.82, 2.24) is 0 Å². The van der Waals surface area contributed by atoms with Gasteiger partial charge in [-0.1, -0.05) is 45.8 Å². The van der Waals surface area contributed by atoms with E-state index in [4.69, 9.17) is 0 Å². The summed E-state index contributed by atoms with van der Waals surface area (Å²) in [6, 6.07) is 15.3. The average molecular weight is 404 g/mol. The van der Waals surface area contributed by atoms with E-state index in [1.165, 1.54) is 24.4 Å². The summed E-state index contributed by atoms with van der Waals surface area (Å²) in [5, 5.41) is 11.7. The van der Waals surface area contributed by atoms with Gasteiger partial charge < -0.3 is 5.11 Å². The van der Waals surface area contributed by atoms with E-state index in [-0.39, 0.29) is 10.6 Å². The summed E-state index contributed by atoms with van der Waals surface area (Å²) >= 11 is 3.39. The quantitative estimate of drug-likeness (QED) is 0.657. The van der Waals surface area contributed by atoms with Crippen LogP contribution in [0.5, 0.6) is 5.75 Å². The maximum absolute atomic E-state index is 12.3. The molecule has 0 radical (unpaired) electrons. The Balaban J connectivity index is 2.07. The molecule has 0 aliphatic heterocycles. The molecule has 3 aromatic rings. The Hall–Kier alpha value is -2.18. The third-order valence-electron chi connectivity index (χ3n) is 3.64. The summed E-state index contributed by atoms with van der Waals surface area (Å²) in [6.45, 7) is 1.88. The van der Waals surface area contributed by atoms with Gasteiger partial charge in [0.05, 0.1) is 11.1 Å². The van der Waals surface area contributed by atoms with Crippen LogP contribution in [0.3, 0.4) is 0 Å². The second-order valence-corrected chi connectivity index (χ2v) is 7.93. The van der Waals surface area contributed by atoms with E-state index >= 15 is 0 Å². The second-order valence-electron chi connectivity index (χ2n) is 5.39. The Labute approximate surface area is 148 Å². The largest absolute Gasteiger partial charge is 0.507 e. The highest BCUT2D eigenvalue weighted by Crippen LogP contribution is 2.28. The number of phenols is 1. The lowest BCUT2D eigenvalue weighted by Crippen LogP contribution is -1.98. The zero-order valence-electron chi connectivity index (χ0n) is 12.8. The molecule has 122 valence electrons. The molecule has 0 fully saturated rings. The van der Waals surface area contributed by atoms with Gasteiger partial charge in [0.1, 0.15) is 5.75 Å². The number of aryl methyl sites for hydroxylation is 1. The van der Waals surface area contributed by atoms with Gasteiger partial charge in [0.2, 0.25) is 0 Å². The van der Waals surface area contributed by atoms with Crippen molar-refractivity contribution in [3.05, 3.63) is 70.2 Å². The highest BCUT2D eigenvalue weighted by atomic mass is 79.9. The first-order valence-corrected chi connectivity index (χ1v) is 9.38. The Morgan fingerprint density at radius 3 is 2.46 bits per heavy atom. The molecule has 6 heteroatoms. The molecule has 0 saturated heterocycles. The standard InChI is InChI=1S/C18H14BrNO3S/c1-12-2-6-15(7-3-12)24(22,23)20-11-17-16-8-5-14(19)10-13(16)4-9-18(17)21/h2-11,21H,1H3/b20-11-. The van der Waals surface area contributed by atoms with E-state index in [0.29, 0.717) is 5.56 Å². The molecule has 0 heterocycles. The van der Waals surface area contributed by atoms with Crippen LogP contribution < -0.4 is 0 Å². The summed E-state index contributed by atoms with van der Waals surface area (Å²) < 4.78 is 29.3. The molecule has 0 aliphatic carbocycles. The number of aromatic hydroxyl groups is 1. The SMILES string of the molecule is Cc1ccc(S(=O)(=O)/N=C\c2c(O)ccc3cc(Br)ccc23)cc1. The molecule has 0 atom stereocenters. The molecular formula is C18H14BrNO3S. The van der Waals surface area contributed by atoms with Gasteiger partial charge in [-0.15, -0.1) is 0 Å². The van der Waals surface area contributed by atoms with Gasteiger partial charge in [-0.2, -0.15) is 12.8 Å². The third-order valence-corrected chi connectivity index (χ3v) is 5.38. The number of sulfonamides is 1. The van der Waals surface area contributed by atoms with Crippen molar-refractivity contribution in [3.8, 4) is 5.75 Å². The summed E-state index contributed by atoms with van der Waals surface area (Å²) in [5.41, 5.74) is 1.34. The molecular weight excluding hydrogens is 390 g/mol. The smallest absolute Gasteiger partial charge is 0.282 e.